The van der Waals surface area contributed by atoms with Crippen molar-refractivity contribution in [3.63, 3.8) is 0 Å². The van der Waals surface area contributed by atoms with Crippen LogP contribution >= 0.6 is 0 Å². The van der Waals surface area contributed by atoms with E-state index in [0.29, 0.717) is 11.6 Å². The van der Waals surface area contributed by atoms with Crippen LogP contribution in [0.1, 0.15) is 38.3 Å². The van der Waals surface area contributed by atoms with Gasteiger partial charge in [-0.1, -0.05) is 36.4 Å². The minimum atomic E-state index is 0.319. The normalized spacial score (nSPS) is 20.5. The van der Waals surface area contributed by atoms with Crippen molar-refractivity contribution in [2.24, 2.45) is 0 Å². The Morgan fingerprint density at radius 2 is 1.71 bits per heavy atom. The smallest absolute Gasteiger partial charge is 0.0320 e. The highest BCUT2D eigenvalue weighted by atomic mass is 15.2. The number of nitrogens with one attached hydrogen (secondary N) is 1. The number of fused-ring (bicyclic) bond motifs is 1. The first kappa shape index (κ1) is 14.6. The Hall–Kier alpha value is -1.38. The molecule has 1 saturated heterocycles. The van der Waals surface area contributed by atoms with Gasteiger partial charge in [0.05, 0.1) is 0 Å². The average Bonchev–Trinajstić information content (AvgIpc) is 2.54. The van der Waals surface area contributed by atoms with E-state index in [4.69, 9.17) is 0 Å². The molecule has 2 aromatic rings. The Kier molecular flexibility index (Phi) is 4.01. The topological polar surface area (TPSA) is 15.3 Å². The van der Waals surface area contributed by atoms with Crippen LogP contribution < -0.4 is 5.32 Å². The van der Waals surface area contributed by atoms with E-state index in [0.717, 1.165) is 0 Å². The summed E-state index contributed by atoms with van der Waals surface area (Å²) in [5, 5.41) is 6.15. The Bertz CT molecular complexity index is 612. The molecule has 2 nitrogen and oxygen atoms in total. The van der Waals surface area contributed by atoms with Gasteiger partial charge in [0.15, 0.2) is 0 Å². The number of benzene rings is 2. The summed E-state index contributed by atoms with van der Waals surface area (Å²) in [6.45, 7) is 7.02. The van der Waals surface area contributed by atoms with Crippen LogP contribution in [0.15, 0.2) is 42.5 Å². The molecule has 112 valence electrons. The van der Waals surface area contributed by atoms with Crippen molar-refractivity contribution in [2.75, 3.05) is 20.1 Å². The average molecular weight is 282 g/mol. The molecule has 0 saturated carbocycles. The quantitative estimate of drug-likeness (QED) is 0.916. The van der Waals surface area contributed by atoms with Crippen LogP contribution in [-0.2, 0) is 0 Å². The number of nitrogens with zero attached hydrogens (tertiary/aromatic N) is 1. The third-order valence-electron chi connectivity index (χ3n) is 5.31. The summed E-state index contributed by atoms with van der Waals surface area (Å²) < 4.78 is 0. The van der Waals surface area contributed by atoms with E-state index >= 15 is 0 Å². The van der Waals surface area contributed by atoms with Gasteiger partial charge >= 0.3 is 0 Å². The maximum atomic E-state index is 3.48. The van der Waals surface area contributed by atoms with Gasteiger partial charge in [-0.25, -0.2) is 0 Å². The standard InChI is InChI=1S/C19H26N2/c1-15(21-12-10-19(2,20-3)11-13-21)17-9-8-16-6-4-5-7-18(16)14-17/h4-9,14-15,20H,10-13H2,1-3H3. The zero-order chi connectivity index (χ0) is 14.9. The van der Waals surface area contributed by atoms with E-state index < -0.39 is 0 Å². The fourth-order valence-corrected chi connectivity index (χ4v) is 3.33. The summed E-state index contributed by atoms with van der Waals surface area (Å²) in [5.41, 5.74) is 1.75. The molecule has 1 fully saturated rings. The Labute approximate surface area is 128 Å². The maximum Gasteiger partial charge on any atom is 0.0320 e. The number of piperidine rings is 1. The molecule has 1 heterocycles. The lowest BCUT2D eigenvalue weighted by Gasteiger charge is -2.42. The van der Waals surface area contributed by atoms with E-state index in [1.54, 1.807) is 0 Å². The molecular weight excluding hydrogens is 256 g/mol. The molecule has 0 aliphatic carbocycles. The second-order valence-corrected chi connectivity index (χ2v) is 6.63. The zero-order valence-corrected chi connectivity index (χ0v) is 13.4. The fraction of sp³-hybridized carbons (Fsp3) is 0.474. The molecule has 1 N–H and O–H groups in total. The summed E-state index contributed by atoms with van der Waals surface area (Å²) >= 11 is 0. The van der Waals surface area contributed by atoms with Crippen LogP contribution in [0.3, 0.4) is 0 Å². The Morgan fingerprint density at radius 3 is 2.38 bits per heavy atom. The minimum Gasteiger partial charge on any atom is -0.314 e. The number of likely N-dealkylation sites (tertiary alicyclic amines) is 1. The molecule has 2 heteroatoms. The van der Waals surface area contributed by atoms with Crippen LogP contribution in [0.2, 0.25) is 0 Å². The van der Waals surface area contributed by atoms with Gasteiger partial charge in [0, 0.05) is 24.7 Å². The highest BCUT2D eigenvalue weighted by Crippen LogP contribution is 2.29. The molecule has 1 aliphatic heterocycles. The van der Waals surface area contributed by atoms with E-state index in [2.05, 4.69) is 73.6 Å². The fourth-order valence-electron chi connectivity index (χ4n) is 3.33. The van der Waals surface area contributed by atoms with Gasteiger partial charge in [-0.05, 0) is 56.1 Å². The molecule has 1 unspecified atom stereocenters. The predicted octanol–water partition coefficient (Wildman–Crippen LogP) is 3.97. The van der Waals surface area contributed by atoms with E-state index in [-0.39, 0.29) is 0 Å². The lowest BCUT2D eigenvalue weighted by atomic mass is 9.88. The summed E-state index contributed by atoms with van der Waals surface area (Å²) in [5.74, 6) is 0. The summed E-state index contributed by atoms with van der Waals surface area (Å²) in [7, 11) is 2.09. The lowest BCUT2D eigenvalue weighted by molar-refractivity contribution is 0.117. The molecule has 1 atom stereocenters. The van der Waals surface area contributed by atoms with E-state index in [1.807, 2.05) is 0 Å². The first-order valence-electron chi connectivity index (χ1n) is 8.03. The second kappa shape index (κ2) is 5.78. The predicted molar refractivity (Wildman–Crippen MR) is 90.6 cm³/mol. The lowest BCUT2D eigenvalue weighted by Crippen LogP contribution is -2.50. The van der Waals surface area contributed by atoms with Crippen LogP contribution in [0.4, 0.5) is 0 Å². The number of rotatable bonds is 3. The van der Waals surface area contributed by atoms with Gasteiger partial charge in [0.25, 0.3) is 0 Å². The highest BCUT2D eigenvalue weighted by Gasteiger charge is 2.30. The molecule has 1 aliphatic rings. The summed E-state index contributed by atoms with van der Waals surface area (Å²) in [6, 6.07) is 16.0. The molecule has 3 rings (SSSR count). The van der Waals surface area contributed by atoms with Gasteiger partial charge in [-0.2, -0.15) is 0 Å². The first-order valence-corrected chi connectivity index (χ1v) is 8.03. The van der Waals surface area contributed by atoms with E-state index in [1.165, 1.54) is 42.3 Å². The van der Waals surface area contributed by atoms with Gasteiger partial charge in [0.2, 0.25) is 0 Å². The molecule has 21 heavy (non-hydrogen) atoms. The molecule has 0 amide bonds. The maximum absolute atomic E-state index is 3.48. The molecular formula is C19H26N2. The number of hydrogen-bond donors (Lipinski definition) is 1. The first-order chi connectivity index (χ1) is 10.1. The Morgan fingerprint density at radius 1 is 1.05 bits per heavy atom. The molecule has 0 spiro atoms. The second-order valence-electron chi connectivity index (χ2n) is 6.63. The molecule has 0 bridgehead atoms. The van der Waals surface area contributed by atoms with Gasteiger partial charge < -0.3 is 5.32 Å². The summed E-state index contributed by atoms with van der Waals surface area (Å²) in [4.78, 5) is 2.61. The van der Waals surface area contributed by atoms with Crippen LogP contribution in [-0.4, -0.2) is 30.6 Å². The van der Waals surface area contributed by atoms with Crippen molar-refractivity contribution in [2.45, 2.75) is 38.3 Å². The molecule has 2 aromatic carbocycles. The van der Waals surface area contributed by atoms with E-state index in [9.17, 15) is 0 Å². The summed E-state index contributed by atoms with van der Waals surface area (Å²) in [6.07, 6.45) is 2.45. The molecule has 0 radical (unpaired) electrons. The molecule has 0 aromatic heterocycles. The van der Waals surface area contributed by atoms with Gasteiger partial charge in [-0.3, -0.25) is 4.90 Å². The number of hydrogen-bond acceptors (Lipinski definition) is 2. The largest absolute Gasteiger partial charge is 0.314 e. The Balaban J connectivity index is 1.76. The van der Waals surface area contributed by atoms with Crippen LogP contribution in [0, 0.1) is 0 Å². The van der Waals surface area contributed by atoms with Crippen molar-refractivity contribution in [3.8, 4) is 0 Å². The van der Waals surface area contributed by atoms with Crippen LogP contribution in [0.25, 0.3) is 10.8 Å². The third kappa shape index (κ3) is 2.97. The van der Waals surface area contributed by atoms with Crippen LogP contribution in [0.5, 0.6) is 0 Å². The van der Waals surface area contributed by atoms with Crippen molar-refractivity contribution in [1.82, 2.24) is 10.2 Å². The van der Waals surface area contributed by atoms with Gasteiger partial charge in [0.1, 0.15) is 0 Å². The SMILES string of the molecule is CNC1(C)CCN(C(C)c2ccc3ccccc3c2)CC1. The minimum absolute atomic E-state index is 0.319. The zero-order valence-electron chi connectivity index (χ0n) is 13.4. The highest BCUT2D eigenvalue weighted by molar-refractivity contribution is 5.83. The van der Waals surface area contributed by atoms with Crippen molar-refractivity contribution >= 4 is 10.8 Å². The van der Waals surface area contributed by atoms with Crippen molar-refractivity contribution in [3.05, 3.63) is 48.0 Å². The van der Waals surface area contributed by atoms with Crippen molar-refractivity contribution in [1.29, 1.82) is 0 Å². The van der Waals surface area contributed by atoms with Gasteiger partial charge in [-0.15, -0.1) is 0 Å². The monoisotopic (exact) mass is 282 g/mol. The van der Waals surface area contributed by atoms with Crippen molar-refractivity contribution < 1.29 is 0 Å². The third-order valence-corrected chi connectivity index (χ3v) is 5.31.